The summed E-state index contributed by atoms with van der Waals surface area (Å²) in [4.78, 5) is 16.5. The van der Waals surface area contributed by atoms with Crippen LogP contribution < -0.4 is 10.6 Å². The molecule has 130 valence electrons. The molecule has 1 aliphatic rings. The maximum atomic E-state index is 12.1. The lowest BCUT2D eigenvalue weighted by atomic mass is 10.2. The highest BCUT2D eigenvalue weighted by Gasteiger charge is 2.22. The first-order valence-electron chi connectivity index (χ1n) is 7.67. The number of morpholine rings is 1. The van der Waals surface area contributed by atoms with E-state index in [4.69, 9.17) is 27.9 Å². The second kappa shape index (κ2) is 9.34. The van der Waals surface area contributed by atoms with Crippen molar-refractivity contribution in [2.75, 3.05) is 25.0 Å². The Morgan fingerprint density at radius 1 is 1.38 bits per heavy atom. The second-order valence-electron chi connectivity index (χ2n) is 4.72. The highest BCUT2D eigenvalue weighted by molar-refractivity contribution is 7.13. The van der Waals surface area contributed by atoms with Gasteiger partial charge < -0.3 is 15.4 Å². The number of nitrogens with one attached hydrogen (secondary N) is 2. The van der Waals surface area contributed by atoms with Crippen molar-refractivity contribution >= 4 is 46.3 Å². The first-order valence-corrected chi connectivity index (χ1v) is 9.31. The average molecular weight is 388 g/mol. The van der Waals surface area contributed by atoms with Crippen LogP contribution in [-0.2, 0) is 9.53 Å². The molecule has 0 aliphatic carbocycles. The first kappa shape index (κ1) is 19.1. The lowest BCUT2D eigenvalue weighted by molar-refractivity contribution is -0.128. The van der Waals surface area contributed by atoms with Gasteiger partial charge in [0.2, 0.25) is 0 Å². The fourth-order valence-electron chi connectivity index (χ4n) is 2.03. The van der Waals surface area contributed by atoms with Gasteiger partial charge in [0, 0.05) is 24.0 Å². The van der Waals surface area contributed by atoms with Gasteiger partial charge in [0.25, 0.3) is 5.91 Å². The molecule has 1 aromatic heterocycles. The zero-order valence-corrected chi connectivity index (χ0v) is 15.8. The highest BCUT2D eigenvalue weighted by atomic mass is 35.5. The van der Waals surface area contributed by atoms with Crippen molar-refractivity contribution < 1.29 is 9.53 Å². The topological polar surface area (TPSA) is 63.2 Å². The van der Waals surface area contributed by atoms with E-state index in [1.54, 1.807) is 17.5 Å². The molecule has 0 radical (unpaired) electrons. The summed E-state index contributed by atoms with van der Waals surface area (Å²) in [6, 6.07) is 5.32. The van der Waals surface area contributed by atoms with Gasteiger partial charge in [0.1, 0.15) is 16.9 Å². The molecule has 3 rings (SSSR count). The van der Waals surface area contributed by atoms with Gasteiger partial charge in [-0.2, -0.15) is 0 Å². The van der Waals surface area contributed by atoms with Crippen LogP contribution in [0.15, 0.2) is 23.6 Å². The number of aromatic nitrogens is 1. The van der Waals surface area contributed by atoms with Crippen molar-refractivity contribution in [3.8, 4) is 10.6 Å². The summed E-state index contributed by atoms with van der Waals surface area (Å²) in [7, 11) is 0. The zero-order valence-electron chi connectivity index (χ0n) is 13.4. The lowest BCUT2D eigenvalue weighted by Gasteiger charge is -2.22. The van der Waals surface area contributed by atoms with Crippen LogP contribution in [0.3, 0.4) is 0 Å². The summed E-state index contributed by atoms with van der Waals surface area (Å²) in [5.41, 5.74) is 0.857. The van der Waals surface area contributed by atoms with Gasteiger partial charge in [-0.15, -0.1) is 11.3 Å². The molecule has 2 heterocycles. The van der Waals surface area contributed by atoms with Gasteiger partial charge in [0.15, 0.2) is 0 Å². The van der Waals surface area contributed by atoms with Crippen molar-refractivity contribution in [2.45, 2.75) is 20.0 Å². The van der Waals surface area contributed by atoms with Crippen molar-refractivity contribution in [2.24, 2.45) is 0 Å². The number of thiazole rings is 1. The molecule has 0 spiro atoms. The van der Waals surface area contributed by atoms with Crippen molar-refractivity contribution in [3.63, 3.8) is 0 Å². The maximum absolute atomic E-state index is 12.1. The average Bonchev–Trinajstić information content (AvgIpc) is 3.08. The predicted molar refractivity (Wildman–Crippen MR) is 100 cm³/mol. The Labute approximate surface area is 155 Å². The predicted octanol–water partition coefficient (Wildman–Crippen LogP) is 4.07. The molecule has 2 aromatic rings. The van der Waals surface area contributed by atoms with Crippen LogP contribution in [0.25, 0.3) is 10.6 Å². The summed E-state index contributed by atoms with van der Waals surface area (Å²) in [5, 5.41) is 9.39. The van der Waals surface area contributed by atoms with E-state index in [0.717, 1.165) is 17.1 Å². The molecule has 0 bridgehead atoms. The number of amides is 1. The van der Waals surface area contributed by atoms with Gasteiger partial charge >= 0.3 is 0 Å². The minimum atomic E-state index is -0.483. The number of halogens is 2. The van der Waals surface area contributed by atoms with E-state index in [-0.39, 0.29) is 5.91 Å². The zero-order chi connectivity index (χ0) is 17.5. The van der Waals surface area contributed by atoms with Crippen LogP contribution in [-0.4, -0.2) is 36.7 Å². The third kappa shape index (κ3) is 4.91. The molecule has 1 aromatic carbocycles. The van der Waals surface area contributed by atoms with Crippen LogP contribution >= 0.6 is 34.5 Å². The van der Waals surface area contributed by atoms with E-state index in [1.165, 1.54) is 11.3 Å². The molecular formula is C16H19Cl2N3O2S. The highest BCUT2D eigenvalue weighted by Crippen LogP contribution is 2.31. The van der Waals surface area contributed by atoms with E-state index in [9.17, 15) is 4.79 Å². The molecule has 1 atom stereocenters. The van der Waals surface area contributed by atoms with Gasteiger partial charge in [0.05, 0.1) is 16.7 Å². The monoisotopic (exact) mass is 387 g/mol. The van der Waals surface area contributed by atoms with Crippen LogP contribution in [0, 0.1) is 0 Å². The minimum absolute atomic E-state index is 0.196. The number of nitrogens with zero attached hydrogens (tertiary/aromatic N) is 1. The fourth-order valence-corrected chi connectivity index (χ4v) is 3.08. The van der Waals surface area contributed by atoms with Crippen molar-refractivity contribution in [1.29, 1.82) is 0 Å². The van der Waals surface area contributed by atoms with E-state index in [2.05, 4.69) is 15.6 Å². The molecular weight excluding hydrogens is 369 g/mol. The summed E-state index contributed by atoms with van der Waals surface area (Å²) in [6.07, 6.45) is -0.483. The summed E-state index contributed by atoms with van der Waals surface area (Å²) < 4.78 is 5.40. The SMILES string of the molecule is CC.O=C(Nc1csc(-c2ccc(Cl)c(Cl)c2)n1)C1CNCCO1. The number of hydrogen-bond donors (Lipinski definition) is 2. The van der Waals surface area contributed by atoms with Crippen LogP contribution in [0.1, 0.15) is 13.8 Å². The Balaban J connectivity index is 0.00000100. The van der Waals surface area contributed by atoms with Crippen molar-refractivity contribution in [1.82, 2.24) is 10.3 Å². The third-order valence-corrected chi connectivity index (χ3v) is 4.77. The van der Waals surface area contributed by atoms with E-state index >= 15 is 0 Å². The quantitative estimate of drug-likeness (QED) is 0.832. The molecule has 1 amide bonds. The van der Waals surface area contributed by atoms with E-state index in [0.29, 0.717) is 29.0 Å². The van der Waals surface area contributed by atoms with Crippen molar-refractivity contribution in [3.05, 3.63) is 33.6 Å². The molecule has 5 nitrogen and oxygen atoms in total. The number of hydrogen-bond acceptors (Lipinski definition) is 5. The van der Waals surface area contributed by atoms with E-state index < -0.39 is 6.10 Å². The molecule has 8 heteroatoms. The molecule has 1 aliphatic heterocycles. The van der Waals surface area contributed by atoms with Gasteiger partial charge in [-0.25, -0.2) is 4.98 Å². The normalized spacial score (nSPS) is 16.9. The Morgan fingerprint density at radius 3 is 2.83 bits per heavy atom. The van der Waals surface area contributed by atoms with E-state index in [1.807, 2.05) is 19.9 Å². The number of benzene rings is 1. The smallest absolute Gasteiger partial charge is 0.256 e. The second-order valence-corrected chi connectivity index (χ2v) is 6.39. The van der Waals surface area contributed by atoms with Gasteiger partial charge in [-0.1, -0.05) is 43.1 Å². The third-order valence-electron chi connectivity index (χ3n) is 3.14. The summed E-state index contributed by atoms with van der Waals surface area (Å²) in [6.45, 7) is 5.81. The Bertz CT molecular complexity index is 688. The standard InChI is InChI=1S/C14H13Cl2N3O2S.C2H6/c15-9-2-1-8(5-10(9)16)14-19-12(7-22-14)18-13(20)11-6-17-3-4-21-11;1-2/h1-2,5,7,11,17H,3-4,6H2,(H,18,20);1-2H3. The molecule has 1 saturated heterocycles. The Morgan fingerprint density at radius 2 is 2.17 bits per heavy atom. The Hall–Kier alpha value is -1.18. The number of anilines is 1. The van der Waals surface area contributed by atoms with Crippen LogP contribution in [0.2, 0.25) is 10.0 Å². The largest absolute Gasteiger partial charge is 0.366 e. The summed E-state index contributed by atoms with van der Waals surface area (Å²) >= 11 is 13.3. The fraction of sp³-hybridized carbons (Fsp3) is 0.375. The number of ether oxygens (including phenoxy) is 1. The Kier molecular flexibility index (Phi) is 7.45. The van der Waals surface area contributed by atoms with Crippen LogP contribution in [0.5, 0.6) is 0 Å². The molecule has 0 saturated carbocycles. The van der Waals surface area contributed by atoms with Gasteiger partial charge in [-0.3, -0.25) is 4.79 Å². The number of carbonyl (C=O) groups is 1. The molecule has 1 fully saturated rings. The number of carbonyl (C=O) groups excluding carboxylic acids is 1. The number of rotatable bonds is 3. The molecule has 2 N–H and O–H groups in total. The molecule has 24 heavy (non-hydrogen) atoms. The first-order chi connectivity index (χ1) is 11.6. The minimum Gasteiger partial charge on any atom is -0.366 e. The van der Waals surface area contributed by atoms with Gasteiger partial charge in [-0.05, 0) is 12.1 Å². The van der Waals surface area contributed by atoms with Crippen LogP contribution in [0.4, 0.5) is 5.82 Å². The maximum Gasteiger partial charge on any atom is 0.256 e. The molecule has 1 unspecified atom stereocenters. The summed E-state index contributed by atoms with van der Waals surface area (Å²) in [5.74, 6) is 0.309. The lowest BCUT2D eigenvalue weighted by Crippen LogP contribution is -2.45.